The van der Waals surface area contributed by atoms with Gasteiger partial charge in [0.15, 0.2) is 0 Å². The summed E-state index contributed by atoms with van der Waals surface area (Å²) in [4.78, 5) is 34.4. The van der Waals surface area contributed by atoms with E-state index in [4.69, 9.17) is 0 Å². The summed E-state index contributed by atoms with van der Waals surface area (Å²) >= 11 is 1.63. The lowest BCUT2D eigenvalue weighted by Gasteiger charge is -2.27. The van der Waals surface area contributed by atoms with Gasteiger partial charge in [0, 0.05) is 16.6 Å². The molecule has 0 spiro atoms. The SMILES string of the molecule is CC(C)N(C(=O)Cn1cnc2sc3c(c2c1=O)CCCC3)c1ccccc1. The molecule has 4 rings (SSSR count). The Morgan fingerprint density at radius 2 is 1.96 bits per heavy atom. The second-order valence-electron chi connectivity index (χ2n) is 7.26. The van der Waals surface area contributed by atoms with Gasteiger partial charge in [0.1, 0.15) is 11.4 Å². The van der Waals surface area contributed by atoms with Crippen molar-refractivity contribution >= 4 is 33.1 Å². The van der Waals surface area contributed by atoms with Gasteiger partial charge in [-0.05, 0) is 57.2 Å². The van der Waals surface area contributed by atoms with Crippen LogP contribution in [0.4, 0.5) is 5.69 Å². The number of benzene rings is 1. The van der Waals surface area contributed by atoms with Crippen molar-refractivity contribution in [1.29, 1.82) is 0 Å². The Hall–Kier alpha value is -2.47. The monoisotopic (exact) mass is 381 g/mol. The van der Waals surface area contributed by atoms with E-state index in [1.807, 2.05) is 44.2 Å². The molecule has 0 unspecified atom stereocenters. The predicted molar refractivity (Wildman–Crippen MR) is 110 cm³/mol. The van der Waals surface area contributed by atoms with Crippen LogP contribution in [0, 0.1) is 0 Å². The summed E-state index contributed by atoms with van der Waals surface area (Å²) in [6.07, 6.45) is 5.78. The molecule has 1 aromatic carbocycles. The van der Waals surface area contributed by atoms with E-state index < -0.39 is 0 Å². The maximum absolute atomic E-state index is 13.1. The number of hydrogen-bond acceptors (Lipinski definition) is 4. The van der Waals surface area contributed by atoms with Crippen LogP contribution in [-0.4, -0.2) is 21.5 Å². The predicted octanol–water partition coefficient (Wildman–Crippen LogP) is 3.78. The maximum Gasteiger partial charge on any atom is 0.262 e. The lowest BCUT2D eigenvalue weighted by molar-refractivity contribution is -0.119. The molecule has 5 nitrogen and oxygen atoms in total. The standard InChI is InChI=1S/C21H23N3O2S/c1-14(2)24(15-8-4-3-5-9-15)18(25)12-23-13-22-20-19(21(23)26)16-10-6-7-11-17(16)27-20/h3-5,8-9,13-14H,6-7,10-12H2,1-2H3. The minimum Gasteiger partial charge on any atom is -0.308 e. The first kappa shape index (κ1) is 17.9. The molecule has 0 saturated carbocycles. The number of thiophene rings is 1. The molecule has 0 N–H and O–H groups in total. The van der Waals surface area contributed by atoms with E-state index in [9.17, 15) is 9.59 Å². The third-order valence-corrected chi connectivity index (χ3v) is 6.27. The summed E-state index contributed by atoms with van der Waals surface area (Å²) in [6.45, 7) is 3.95. The van der Waals surface area contributed by atoms with Crippen molar-refractivity contribution < 1.29 is 4.79 Å². The highest BCUT2D eigenvalue weighted by molar-refractivity contribution is 7.18. The highest BCUT2D eigenvalue weighted by Gasteiger charge is 2.23. The van der Waals surface area contributed by atoms with E-state index in [0.717, 1.165) is 40.7 Å². The van der Waals surface area contributed by atoms with Crippen molar-refractivity contribution in [3.63, 3.8) is 0 Å². The third kappa shape index (κ3) is 3.30. The first-order chi connectivity index (χ1) is 13.1. The van der Waals surface area contributed by atoms with Crippen molar-refractivity contribution in [3.05, 3.63) is 57.5 Å². The van der Waals surface area contributed by atoms with Crippen LogP contribution in [-0.2, 0) is 24.2 Å². The van der Waals surface area contributed by atoms with Gasteiger partial charge in [0.2, 0.25) is 5.91 Å². The molecular formula is C21H23N3O2S. The Morgan fingerprint density at radius 1 is 1.22 bits per heavy atom. The zero-order chi connectivity index (χ0) is 19.0. The van der Waals surface area contributed by atoms with Crippen molar-refractivity contribution in [2.24, 2.45) is 0 Å². The van der Waals surface area contributed by atoms with Crippen LogP contribution in [0.5, 0.6) is 0 Å². The molecule has 27 heavy (non-hydrogen) atoms. The number of para-hydroxylation sites is 1. The molecule has 0 aliphatic heterocycles. The molecule has 6 heteroatoms. The fraction of sp³-hybridized carbons (Fsp3) is 0.381. The Morgan fingerprint density at radius 3 is 2.70 bits per heavy atom. The van der Waals surface area contributed by atoms with Crippen LogP contribution < -0.4 is 10.5 Å². The quantitative estimate of drug-likeness (QED) is 0.691. The second-order valence-corrected chi connectivity index (χ2v) is 8.35. The first-order valence-corrected chi connectivity index (χ1v) is 10.2. The van der Waals surface area contributed by atoms with E-state index in [2.05, 4.69) is 4.98 Å². The average Bonchev–Trinajstić information content (AvgIpc) is 3.04. The maximum atomic E-state index is 13.1. The number of carbonyl (C=O) groups excluding carboxylic acids is 1. The molecule has 0 radical (unpaired) electrons. The Balaban J connectivity index is 1.69. The minimum atomic E-state index is -0.108. The Kier molecular flexibility index (Phi) is 4.83. The lowest BCUT2D eigenvalue weighted by atomic mass is 9.97. The summed E-state index contributed by atoms with van der Waals surface area (Å²) in [6, 6.07) is 9.58. The minimum absolute atomic E-state index is 0.000528. The van der Waals surface area contributed by atoms with Gasteiger partial charge in [-0.2, -0.15) is 0 Å². The molecule has 2 aromatic heterocycles. The van der Waals surface area contributed by atoms with E-state index in [-0.39, 0.29) is 24.1 Å². The van der Waals surface area contributed by atoms with E-state index in [1.165, 1.54) is 22.2 Å². The Bertz CT molecular complexity index is 1040. The van der Waals surface area contributed by atoms with Crippen LogP contribution >= 0.6 is 11.3 Å². The molecule has 0 bridgehead atoms. The Labute approximate surface area is 162 Å². The molecule has 3 aromatic rings. The smallest absolute Gasteiger partial charge is 0.262 e. The van der Waals surface area contributed by atoms with Gasteiger partial charge in [-0.1, -0.05) is 18.2 Å². The summed E-state index contributed by atoms with van der Waals surface area (Å²) in [7, 11) is 0. The zero-order valence-corrected chi connectivity index (χ0v) is 16.5. The number of aryl methyl sites for hydroxylation is 2. The van der Waals surface area contributed by atoms with Gasteiger partial charge >= 0.3 is 0 Å². The lowest BCUT2D eigenvalue weighted by Crippen LogP contribution is -2.41. The molecule has 0 fully saturated rings. The number of carbonyl (C=O) groups is 1. The van der Waals surface area contributed by atoms with Crippen LogP contribution in [0.2, 0.25) is 0 Å². The third-order valence-electron chi connectivity index (χ3n) is 5.07. The summed E-state index contributed by atoms with van der Waals surface area (Å²) in [5.41, 5.74) is 1.90. The number of hydrogen-bond donors (Lipinski definition) is 0. The fourth-order valence-electron chi connectivity index (χ4n) is 3.83. The van der Waals surface area contributed by atoms with Crippen LogP contribution in [0.1, 0.15) is 37.1 Å². The molecule has 1 aliphatic rings. The number of amides is 1. The van der Waals surface area contributed by atoms with E-state index >= 15 is 0 Å². The van der Waals surface area contributed by atoms with E-state index in [1.54, 1.807) is 16.2 Å². The molecule has 1 aliphatic carbocycles. The molecular weight excluding hydrogens is 358 g/mol. The molecule has 0 atom stereocenters. The van der Waals surface area contributed by atoms with Gasteiger partial charge < -0.3 is 4.90 Å². The van der Waals surface area contributed by atoms with Gasteiger partial charge in [-0.15, -0.1) is 11.3 Å². The molecule has 2 heterocycles. The molecule has 140 valence electrons. The summed E-state index contributed by atoms with van der Waals surface area (Å²) in [5.74, 6) is -0.108. The number of anilines is 1. The summed E-state index contributed by atoms with van der Waals surface area (Å²) in [5, 5.41) is 0.723. The van der Waals surface area contributed by atoms with Gasteiger partial charge in [-0.25, -0.2) is 4.98 Å². The zero-order valence-electron chi connectivity index (χ0n) is 15.6. The number of fused-ring (bicyclic) bond motifs is 3. The number of rotatable bonds is 4. The highest BCUT2D eigenvalue weighted by atomic mass is 32.1. The largest absolute Gasteiger partial charge is 0.308 e. The first-order valence-electron chi connectivity index (χ1n) is 9.43. The second kappa shape index (κ2) is 7.27. The van der Waals surface area contributed by atoms with Gasteiger partial charge in [0.05, 0.1) is 11.7 Å². The molecule has 0 saturated heterocycles. The van der Waals surface area contributed by atoms with E-state index in [0.29, 0.717) is 0 Å². The van der Waals surface area contributed by atoms with Crippen molar-refractivity contribution in [3.8, 4) is 0 Å². The average molecular weight is 382 g/mol. The number of nitrogens with zero attached hydrogens (tertiary/aromatic N) is 3. The van der Waals surface area contributed by atoms with Crippen molar-refractivity contribution in [2.45, 2.75) is 52.1 Å². The van der Waals surface area contributed by atoms with Crippen LogP contribution in [0.15, 0.2) is 41.5 Å². The normalized spacial score (nSPS) is 13.7. The van der Waals surface area contributed by atoms with Crippen LogP contribution in [0.25, 0.3) is 10.2 Å². The van der Waals surface area contributed by atoms with Crippen molar-refractivity contribution in [2.75, 3.05) is 4.90 Å². The topological polar surface area (TPSA) is 55.2 Å². The van der Waals surface area contributed by atoms with Crippen molar-refractivity contribution in [1.82, 2.24) is 9.55 Å². The number of aromatic nitrogens is 2. The fourth-order valence-corrected chi connectivity index (χ4v) is 5.05. The summed E-state index contributed by atoms with van der Waals surface area (Å²) < 4.78 is 1.46. The van der Waals surface area contributed by atoms with Gasteiger partial charge in [-0.3, -0.25) is 14.2 Å². The highest BCUT2D eigenvalue weighted by Crippen LogP contribution is 2.33. The van der Waals surface area contributed by atoms with Gasteiger partial charge in [0.25, 0.3) is 5.56 Å². The molecule has 1 amide bonds. The van der Waals surface area contributed by atoms with Crippen LogP contribution in [0.3, 0.4) is 0 Å².